The van der Waals surface area contributed by atoms with E-state index in [0.29, 0.717) is 4.90 Å². The molecule has 1 N–H and O–H groups in total. The van der Waals surface area contributed by atoms with E-state index in [9.17, 15) is 27.6 Å². The minimum Gasteiger partial charge on any atom is -0.276 e. The summed E-state index contributed by atoms with van der Waals surface area (Å²) in [6, 6.07) is 3.95. The highest BCUT2D eigenvalue weighted by atomic mass is 19.4. The Morgan fingerprint density at radius 1 is 1.23 bits per heavy atom. The molecule has 0 bridgehead atoms. The molecule has 26 heavy (non-hydrogen) atoms. The number of nitrogens with one attached hydrogen (secondary N) is 1. The molecule has 10 heteroatoms. The topological polar surface area (TPSA) is 91.2 Å². The number of imide groups is 2. The molecule has 1 fully saturated rings. The third kappa shape index (κ3) is 2.25. The number of likely N-dealkylation sites (N-methyl/N-ethyl adjacent to an activating group) is 1. The predicted molar refractivity (Wildman–Crippen MR) is 81.8 cm³/mol. The van der Waals surface area contributed by atoms with E-state index in [-0.39, 0.29) is 17.5 Å². The first kappa shape index (κ1) is 17.8. The Kier molecular flexibility index (Phi) is 3.75. The predicted octanol–water partition coefficient (Wildman–Crippen LogP) is 2.39. The van der Waals surface area contributed by atoms with E-state index in [4.69, 9.17) is 0 Å². The van der Waals surface area contributed by atoms with Crippen molar-refractivity contribution in [2.75, 3.05) is 7.05 Å². The number of nitrogens with zero attached hydrogens (tertiary/aromatic N) is 3. The van der Waals surface area contributed by atoms with Gasteiger partial charge in [0.25, 0.3) is 5.91 Å². The van der Waals surface area contributed by atoms with Gasteiger partial charge in [0, 0.05) is 12.6 Å². The largest absolute Gasteiger partial charge is 0.442 e. The number of alkyl halides is 3. The second kappa shape index (κ2) is 5.48. The first-order valence-electron chi connectivity index (χ1n) is 7.46. The highest BCUT2D eigenvalue weighted by Crippen LogP contribution is 2.52. The molecule has 3 rings (SSSR count). The standard InChI is InChI=1S/C16H13F3N4O3/c1-3-7-14(11(24)20-13(26)23(2)12(14)25)9-5-4-6-10(8-9)15(21-22-15)16(17,18)19/h3-6,8H,1,7H2,2H3,(H,20,24,26). The van der Waals surface area contributed by atoms with Crippen LogP contribution in [-0.2, 0) is 20.7 Å². The number of allylic oxidation sites excluding steroid dienone is 1. The monoisotopic (exact) mass is 366 g/mol. The van der Waals surface area contributed by atoms with Crippen LogP contribution in [0.15, 0.2) is 47.1 Å². The Bertz CT molecular complexity index is 859. The quantitative estimate of drug-likeness (QED) is 0.655. The van der Waals surface area contributed by atoms with Crippen molar-refractivity contribution >= 4 is 17.8 Å². The van der Waals surface area contributed by atoms with E-state index >= 15 is 0 Å². The molecule has 2 heterocycles. The number of carbonyl (C=O) groups excluding carboxylic acids is 3. The van der Waals surface area contributed by atoms with Crippen LogP contribution in [0.5, 0.6) is 0 Å². The molecule has 1 aromatic carbocycles. The number of carbonyl (C=O) groups is 3. The SMILES string of the molecule is C=CCC1(c2cccc(C3(C(F)(F)F)N=N3)c2)C(=O)NC(=O)N(C)C1=O. The molecule has 7 nitrogen and oxygen atoms in total. The molecule has 0 aromatic heterocycles. The second-order valence-electron chi connectivity index (χ2n) is 5.97. The molecule has 4 amide bonds. The van der Waals surface area contributed by atoms with Crippen LogP contribution in [0.1, 0.15) is 17.5 Å². The number of rotatable bonds is 4. The molecular weight excluding hydrogens is 353 g/mol. The van der Waals surface area contributed by atoms with Gasteiger partial charge in [0.15, 0.2) is 5.41 Å². The number of urea groups is 1. The van der Waals surface area contributed by atoms with Gasteiger partial charge < -0.3 is 0 Å². The van der Waals surface area contributed by atoms with Crippen LogP contribution in [-0.4, -0.2) is 36.0 Å². The molecule has 0 aliphatic carbocycles. The third-order valence-corrected chi connectivity index (χ3v) is 4.49. The maximum atomic E-state index is 13.3. The van der Waals surface area contributed by atoms with Gasteiger partial charge in [-0.05, 0) is 18.1 Å². The molecule has 2 aliphatic heterocycles. The lowest BCUT2D eigenvalue weighted by molar-refractivity contribution is -0.166. The number of halogens is 3. The van der Waals surface area contributed by atoms with Crippen LogP contribution in [0.3, 0.4) is 0 Å². The Morgan fingerprint density at radius 2 is 1.85 bits per heavy atom. The van der Waals surface area contributed by atoms with Crippen molar-refractivity contribution in [1.82, 2.24) is 10.2 Å². The van der Waals surface area contributed by atoms with Crippen LogP contribution in [0.2, 0.25) is 0 Å². The summed E-state index contributed by atoms with van der Waals surface area (Å²) in [6.07, 6.45) is -3.66. The van der Waals surface area contributed by atoms with E-state index in [2.05, 4.69) is 16.8 Å². The lowest BCUT2D eigenvalue weighted by Gasteiger charge is -2.37. The lowest BCUT2D eigenvalue weighted by Crippen LogP contribution is -2.64. The minimum atomic E-state index is -4.75. The van der Waals surface area contributed by atoms with Crippen molar-refractivity contribution in [3.05, 3.63) is 48.0 Å². The molecule has 1 saturated heterocycles. The number of hydrogen-bond acceptors (Lipinski definition) is 5. The van der Waals surface area contributed by atoms with Crippen molar-refractivity contribution in [3.63, 3.8) is 0 Å². The molecule has 1 aromatic rings. The molecule has 1 atom stereocenters. The van der Waals surface area contributed by atoms with Gasteiger partial charge >= 0.3 is 17.9 Å². The maximum absolute atomic E-state index is 13.3. The van der Waals surface area contributed by atoms with Gasteiger partial charge in [-0.3, -0.25) is 19.8 Å². The van der Waals surface area contributed by atoms with Crippen molar-refractivity contribution in [2.45, 2.75) is 23.7 Å². The fourth-order valence-corrected chi connectivity index (χ4v) is 2.98. The molecule has 0 spiro atoms. The second-order valence-corrected chi connectivity index (χ2v) is 5.97. The minimum absolute atomic E-state index is 0.00215. The van der Waals surface area contributed by atoms with Gasteiger partial charge in [-0.2, -0.15) is 13.2 Å². The normalized spacial score (nSPS) is 24.5. The number of benzene rings is 1. The summed E-state index contributed by atoms with van der Waals surface area (Å²) in [6.45, 7) is 3.51. The molecule has 0 radical (unpaired) electrons. The molecular formula is C16H13F3N4O3. The van der Waals surface area contributed by atoms with Gasteiger partial charge in [-0.25, -0.2) is 4.79 Å². The zero-order valence-corrected chi connectivity index (χ0v) is 13.5. The summed E-state index contributed by atoms with van der Waals surface area (Å²) in [5, 5.41) is 8.30. The maximum Gasteiger partial charge on any atom is 0.442 e. The average molecular weight is 366 g/mol. The molecule has 0 saturated carbocycles. The number of hydrogen-bond donors (Lipinski definition) is 1. The van der Waals surface area contributed by atoms with Crippen LogP contribution >= 0.6 is 0 Å². The van der Waals surface area contributed by atoms with E-state index in [1.807, 2.05) is 5.32 Å². The van der Waals surface area contributed by atoms with E-state index < -0.39 is 35.1 Å². The zero-order valence-electron chi connectivity index (χ0n) is 13.5. The van der Waals surface area contributed by atoms with Crippen molar-refractivity contribution in [2.24, 2.45) is 10.2 Å². The van der Waals surface area contributed by atoms with Gasteiger partial charge in [-0.15, -0.1) is 16.8 Å². The molecule has 1 unspecified atom stereocenters. The fraction of sp³-hybridized carbons (Fsp3) is 0.312. The summed E-state index contributed by atoms with van der Waals surface area (Å²) in [5.41, 5.74) is -4.90. The first-order chi connectivity index (χ1) is 12.1. The lowest BCUT2D eigenvalue weighted by atomic mass is 9.73. The van der Waals surface area contributed by atoms with Crippen LogP contribution < -0.4 is 5.32 Å². The van der Waals surface area contributed by atoms with Gasteiger partial charge in [0.05, 0.1) is 0 Å². The Balaban J connectivity index is 2.15. The Hall–Kier alpha value is -3.04. The Labute approximate surface area is 145 Å². The van der Waals surface area contributed by atoms with Gasteiger partial charge in [0.1, 0.15) is 0 Å². The molecule has 2 aliphatic rings. The third-order valence-electron chi connectivity index (χ3n) is 4.49. The smallest absolute Gasteiger partial charge is 0.276 e. The highest BCUT2D eigenvalue weighted by molar-refractivity contribution is 6.22. The number of barbiturate groups is 1. The summed E-state index contributed by atoms with van der Waals surface area (Å²) in [7, 11) is 1.18. The summed E-state index contributed by atoms with van der Waals surface area (Å²) in [5.74, 6) is -1.78. The first-order valence-corrected chi connectivity index (χ1v) is 7.46. The van der Waals surface area contributed by atoms with Crippen molar-refractivity contribution in [3.8, 4) is 0 Å². The summed E-state index contributed by atoms with van der Waals surface area (Å²) < 4.78 is 39.8. The zero-order chi connectivity index (χ0) is 19.3. The van der Waals surface area contributed by atoms with Crippen molar-refractivity contribution < 1.29 is 27.6 Å². The average Bonchev–Trinajstić information content (AvgIpc) is 3.39. The van der Waals surface area contributed by atoms with E-state index in [1.165, 1.54) is 31.3 Å². The van der Waals surface area contributed by atoms with Gasteiger partial charge in [0.2, 0.25) is 5.91 Å². The van der Waals surface area contributed by atoms with Crippen LogP contribution in [0, 0.1) is 0 Å². The Morgan fingerprint density at radius 3 is 2.38 bits per heavy atom. The van der Waals surface area contributed by atoms with E-state index in [0.717, 1.165) is 6.07 Å². The van der Waals surface area contributed by atoms with E-state index in [1.54, 1.807) is 0 Å². The number of amides is 4. The molecule has 136 valence electrons. The summed E-state index contributed by atoms with van der Waals surface area (Å²) in [4.78, 5) is 37.7. The highest BCUT2D eigenvalue weighted by Gasteiger charge is 2.65. The van der Waals surface area contributed by atoms with Gasteiger partial charge in [-0.1, -0.05) is 24.3 Å². The van der Waals surface area contributed by atoms with Crippen LogP contribution in [0.4, 0.5) is 18.0 Å². The van der Waals surface area contributed by atoms with Crippen LogP contribution in [0.25, 0.3) is 0 Å². The van der Waals surface area contributed by atoms with Crippen molar-refractivity contribution in [1.29, 1.82) is 0 Å². The fourth-order valence-electron chi connectivity index (χ4n) is 2.98. The summed E-state index contributed by atoms with van der Waals surface area (Å²) >= 11 is 0.